The molecule has 2 bridgehead atoms. The fraction of sp³-hybridized carbons (Fsp3) is 0.611. The van der Waals surface area contributed by atoms with Crippen molar-refractivity contribution in [1.29, 1.82) is 0 Å². The number of nitrogens with zero attached hydrogens (tertiary/aromatic N) is 1. The van der Waals surface area contributed by atoms with E-state index in [1.807, 2.05) is 12.1 Å². The van der Waals surface area contributed by atoms with E-state index in [0.29, 0.717) is 18.6 Å². The highest BCUT2D eigenvalue weighted by atomic mass is 16.6. The molecule has 1 aromatic carbocycles. The van der Waals surface area contributed by atoms with Gasteiger partial charge in [-0.05, 0) is 57.2 Å². The summed E-state index contributed by atoms with van der Waals surface area (Å²) in [6.45, 7) is 2.72. The predicted molar refractivity (Wildman–Crippen MR) is 87.0 cm³/mol. The Kier molecular flexibility index (Phi) is 4.67. The number of hydrogen-bond donors (Lipinski definition) is 1. The molecule has 0 aromatic heterocycles. The Bertz CT molecular complexity index is 532. The second-order valence-corrected chi connectivity index (χ2v) is 6.59. The summed E-state index contributed by atoms with van der Waals surface area (Å²) in [5, 5.41) is 2.90. The average molecular weight is 302 g/mol. The number of piperidine rings is 1. The lowest BCUT2D eigenvalue weighted by Crippen LogP contribution is -2.47. The van der Waals surface area contributed by atoms with E-state index in [2.05, 4.69) is 36.3 Å². The van der Waals surface area contributed by atoms with Crippen molar-refractivity contribution in [3.8, 4) is 0 Å². The highest BCUT2D eigenvalue weighted by Crippen LogP contribution is 2.35. The van der Waals surface area contributed by atoms with Crippen LogP contribution in [0.25, 0.3) is 0 Å². The van der Waals surface area contributed by atoms with Crippen molar-refractivity contribution >= 4 is 6.09 Å². The maximum atomic E-state index is 12.0. The fourth-order valence-corrected chi connectivity index (χ4v) is 3.89. The molecule has 0 radical (unpaired) electrons. The van der Waals surface area contributed by atoms with Crippen LogP contribution in [-0.2, 0) is 11.2 Å². The molecule has 0 aliphatic carbocycles. The van der Waals surface area contributed by atoms with Crippen molar-refractivity contribution in [3.63, 3.8) is 0 Å². The Hall–Kier alpha value is -1.55. The van der Waals surface area contributed by atoms with Crippen LogP contribution in [0.4, 0.5) is 4.79 Å². The monoisotopic (exact) mass is 302 g/mol. The van der Waals surface area contributed by atoms with Gasteiger partial charge in [0.1, 0.15) is 6.10 Å². The van der Waals surface area contributed by atoms with Crippen LogP contribution in [0.3, 0.4) is 0 Å². The summed E-state index contributed by atoms with van der Waals surface area (Å²) in [5.74, 6) is 0. The maximum Gasteiger partial charge on any atom is 0.407 e. The smallest absolute Gasteiger partial charge is 0.407 e. The van der Waals surface area contributed by atoms with Gasteiger partial charge in [0.05, 0.1) is 0 Å². The number of aryl methyl sites for hydroxylation is 1. The molecule has 2 saturated heterocycles. The summed E-state index contributed by atoms with van der Waals surface area (Å²) in [6, 6.07) is 9.40. The zero-order chi connectivity index (χ0) is 15.5. The van der Waals surface area contributed by atoms with E-state index in [0.717, 1.165) is 25.7 Å². The zero-order valence-electron chi connectivity index (χ0n) is 13.5. The average Bonchev–Trinajstić information content (AvgIpc) is 2.73. The van der Waals surface area contributed by atoms with Crippen LogP contribution in [-0.4, -0.2) is 42.8 Å². The summed E-state index contributed by atoms with van der Waals surface area (Å²) in [7, 11) is 2.16. The van der Waals surface area contributed by atoms with Crippen molar-refractivity contribution in [2.75, 3.05) is 13.6 Å². The molecule has 2 unspecified atom stereocenters. The third-order valence-corrected chi connectivity index (χ3v) is 5.29. The summed E-state index contributed by atoms with van der Waals surface area (Å²) < 4.78 is 5.67. The Morgan fingerprint density at radius 2 is 2.05 bits per heavy atom. The second kappa shape index (κ2) is 6.69. The molecule has 1 amide bonds. The van der Waals surface area contributed by atoms with E-state index < -0.39 is 0 Å². The number of carbonyl (C=O) groups is 1. The molecule has 0 saturated carbocycles. The van der Waals surface area contributed by atoms with Crippen LogP contribution < -0.4 is 5.32 Å². The van der Waals surface area contributed by atoms with Gasteiger partial charge in [-0.15, -0.1) is 0 Å². The number of alkyl carbamates (subject to hydrolysis) is 1. The summed E-state index contributed by atoms with van der Waals surface area (Å²) >= 11 is 0. The molecule has 3 rings (SSSR count). The van der Waals surface area contributed by atoms with Crippen LogP contribution in [0.2, 0.25) is 0 Å². The molecule has 120 valence electrons. The van der Waals surface area contributed by atoms with E-state index in [1.54, 1.807) is 0 Å². The van der Waals surface area contributed by atoms with Crippen LogP contribution in [0.1, 0.15) is 36.8 Å². The van der Waals surface area contributed by atoms with Crippen molar-refractivity contribution in [2.45, 2.75) is 57.2 Å². The van der Waals surface area contributed by atoms with Gasteiger partial charge in [0, 0.05) is 18.6 Å². The largest absolute Gasteiger partial charge is 0.445 e. The Balaban J connectivity index is 1.44. The van der Waals surface area contributed by atoms with Gasteiger partial charge in [-0.3, -0.25) is 4.90 Å². The number of fused-ring (bicyclic) bond motifs is 2. The molecular weight excluding hydrogens is 276 g/mol. The molecule has 1 N–H and O–H groups in total. The van der Waals surface area contributed by atoms with E-state index in [4.69, 9.17) is 4.74 Å². The molecule has 2 aliphatic heterocycles. The van der Waals surface area contributed by atoms with Crippen molar-refractivity contribution in [3.05, 3.63) is 35.4 Å². The van der Waals surface area contributed by atoms with Crippen molar-refractivity contribution in [2.24, 2.45) is 0 Å². The molecule has 2 fully saturated rings. The highest BCUT2D eigenvalue weighted by Gasteiger charge is 2.41. The maximum absolute atomic E-state index is 12.0. The number of rotatable bonds is 4. The lowest BCUT2D eigenvalue weighted by molar-refractivity contribution is 0.0106. The number of hydrogen-bond acceptors (Lipinski definition) is 3. The number of nitrogens with one attached hydrogen (secondary N) is 1. The van der Waals surface area contributed by atoms with Gasteiger partial charge in [-0.25, -0.2) is 4.79 Å². The molecule has 4 heteroatoms. The molecular formula is C18H26N2O2. The van der Waals surface area contributed by atoms with Gasteiger partial charge < -0.3 is 10.1 Å². The summed E-state index contributed by atoms with van der Waals surface area (Å²) in [4.78, 5) is 14.4. The van der Waals surface area contributed by atoms with Crippen LogP contribution in [0.15, 0.2) is 24.3 Å². The minimum atomic E-state index is -0.266. The van der Waals surface area contributed by atoms with Gasteiger partial charge in [0.15, 0.2) is 0 Å². The van der Waals surface area contributed by atoms with Crippen LogP contribution >= 0.6 is 0 Å². The Labute approximate surface area is 132 Å². The summed E-state index contributed by atoms with van der Waals surface area (Å²) in [6.07, 6.45) is 5.19. The molecule has 0 spiro atoms. The Morgan fingerprint density at radius 3 is 2.86 bits per heavy atom. The third-order valence-electron chi connectivity index (χ3n) is 5.29. The highest BCUT2D eigenvalue weighted by molar-refractivity contribution is 5.67. The number of benzene rings is 1. The van der Waals surface area contributed by atoms with Gasteiger partial charge >= 0.3 is 6.09 Å². The lowest BCUT2D eigenvalue weighted by Gasteiger charge is -2.36. The van der Waals surface area contributed by atoms with Crippen LogP contribution in [0.5, 0.6) is 0 Å². The van der Waals surface area contributed by atoms with Gasteiger partial charge in [0.2, 0.25) is 0 Å². The minimum absolute atomic E-state index is 0.0576. The number of amides is 1. The minimum Gasteiger partial charge on any atom is -0.445 e. The normalized spacial score (nSPS) is 27.6. The standard InChI is InChI=1S/C18H26N2O2/c1-13-5-3-4-6-14(13)11-12-19-18(21)22-17-10-8-15-7-9-16(17)20(15)2/h3-6,15-17H,7-12H2,1-2H3,(H,19,21)/t15?,16?,17-/m1/s1. The fourth-order valence-electron chi connectivity index (χ4n) is 3.89. The first-order valence-corrected chi connectivity index (χ1v) is 8.36. The molecule has 4 nitrogen and oxygen atoms in total. The lowest BCUT2D eigenvalue weighted by atomic mass is 10.0. The third kappa shape index (κ3) is 3.27. The van der Waals surface area contributed by atoms with E-state index in [1.165, 1.54) is 17.5 Å². The first-order valence-electron chi connectivity index (χ1n) is 8.36. The van der Waals surface area contributed by atoms with Gasteiger partial charge in [-0.1, -0.05) is 24.3 Å². The predicted octanol–water partition coefficient (Wildman–Crippen LogP) is 2.89. The van der Waals surface area contributed by atoms with E-state index >= 15 is 0 Å². The molecule has 1 aromatic rings. The second-order valence-electron chi connectivity index (χ2n) is 6.59. The van der Waals surface area contributed by atoms with Gasteiger partial charge in [0.25, 0.3) is 0 Å². The van der Waals surface area contributed by atoms with Gasteiger partial charge in [-0.2, -0.15) is 0 Å². The molecule has 2 aliphatic rings. The number of likely N-dealkylation sites (N-methyl/N-ethyl adjacent to an activating group) is 1. The first-order chi connectivity index (χ1) is 10.6. The topological polar surface area (TPSA) is 41.6 Å². The first kappa shape index (κ1) is 15.3. The van der Waals surface area contributed by atoms with E-state index in [-0.39, 0.29) is 12.2 Å². The van der Waals surface area contributed by atoms with Crippen LogP contribution in [0, 0.1) is 6.92 Å². The summed E-state index contributed by atoms with van der Waals surface area (Å²) in [5.41, 5.74) is 2.54. The quantitative estimate of drug-likeness (QED) is 0.930. The van der Waals surface area contributed by atoms with Crippen molar-refractivity contribution in [1.82, 2.24) is 10.2 Å². The van der Waals surface area contributed by atoms with E-state index in [9.17, 15) is 4.79 Å². The zero-order valence-corrected chi connectivity index (χ0v) is 13.5. The number of carbonyl (C=O) groups excluding carboxylic acids is 1. The molecule has 3 atom stereocenters. The molecule has 22 heavy (non-hydrogen) atoms. The number of ether oxygens (including phenoxy) is 1. The van der Waals surface area contributed by atoms with Crippen molar-refractivity contribution < 1.29 is 9.53 Å². The SMILES string of the molecule is Cc1ccccc1CCNC(=O)O[C@@H]1CCC2CCC1N2C. The Morgan fingerprint density at radius 1 is 1.27 bits per heavy atom. The molecule has 2 heterocycles.